The Kier molecular flexibility index (Phi) is 5.22. The molecule has 1 aliphatic heterocycles. The Hall–Kier alpha value is -3.15. The zero-order chi connectivity index (χ0) is 21.4. The second-order valence-electron chi connectivity index (χ2n) is 7.62. The lowest BCUT2D eigenvalue weighted by molar-refractivity contribution is 0.549. The smallest absolute Gasteiger partial charge is 0.174 e. The molecule has 2 aromatic heterocycles. The third kappa shape index (κ3) is 3.71. The highest BCUT2D eigenvalue weighted by molar-refractivity contribution is 7.80. The Bertz CT molecular complexity index is 1220. The molecule has 2 aromatic carbocycles. The zero-order valence-corrected chi connectivity index (χ0v) is 18.5. The molecule has 4 nitrogen and oxygen atoms in total. The molecule has 1 saturated heterocycles. The molecular weight excluding hydrogens is 424 g/mol. The van der Waals surface area contributed by atoms with Gasteiger partial charge in [-0.05, 0) is 73.7 Å². The van der Waals surface area contributed by atoms with Crippen LogP contribution >= 0.6 is 23.8 Å². The van der Waals surface area contributed by atoms with Gasteiger partial charge in [0.15, 0.2) is 5.11 Å². The van der Waals surface area contributed by atoms with Crippen molar-refractivity contribution in [3.63, 3.8) is 0 Å². The second kappa shape index (κ2) is 8.17. The van der Waals surface area contributed by atoms with Gasteiger partial charge in [0.25, 0.3) is 0 Å². The SMILES string of the molecule is Cc1ccc(N2C(=S)NC(c3ccccn3)C2c2cccn2-c2cccc(Cl)c2)cc1. The third-order valence-electron chi connectivity index (χ3n) is 5.58. The quantitative estimate of drug-likeness (QED) is 0.391. The van der Waals surface area contributed by atoms with Crippen LogP contribution in [0.15, 0.2) is 91.3 Å². The molecule has 0 amide bonds. The Balaban J connectivity index is 1.67. The maximum atomic E-state index is 6.29. The van der Waals surface area contributed by atoms with Crippen LogP contribution < -0.4 is 10.2 Å². The fourth-order valence-electron chi connectivity index (χ4n) is 4.14. The van der Waals surface area contributed by atoms with Gasteiger partial charge in [-0.1, -0.05) is 41.4 Å². The van der Waals surface area contributed by atoms with Crippen LogP contribution in [-0.4, -0.2) is 14.7 Å². The summed E-state index contributed by atoms with van der Waals surface area (Å²) in [5, 5.41) is 4.90. The van der Waals surface area contributed by atoms with E-state index < -0.39 is 0 Å². The maximum Gasteiger partial charge on any atom is 0.174 e. The summed E-state index contributed by atoms with van der Waals surface area (Å²) in [6, 6.07) is 26.3. The number of benzene rings is 2. The van der Waals surface area contributed by atoms with Crippen LogP contribution in [0, 0.1) is 6.92 Å². The van der Waals surface area contributed by atoms with Gasteiger partial charge in [0.05, 0.1) is 11.7 Å². The van der Waals surface area contributed by atoms with Gasteiger partial charge in [0.2, 0.25) is 0 Å². The van der Waals surface area contributed by atoms with Crippen molar-refractivity contribution in [2.24, 2.45) is 0 Å². The van der Waals surface area contributed by atoms with Gasteiger partial charge >= 0.3 is 0 Å². The summed E-state index contributed by atoms with van der Waals surface area (Å²) in [7, 11) is 0. The van der Waals surface area contributed by atoms with E-state index in [0.717, 1.165) is 22.8 Å². The number of rotatable bonds is 4. The summed E-state index contributed by atoms with van der Waals surface area (Å²) in [4.78, 5) is 6.82. The van der Waals surface area contributed by atoms with Gasteiger partial charge in [0, 0.05) is 34.5 Å². The summed E-state index contributed by atoms with van der Waals surface area (Å²) >= 11 is 12.1. The Morgan fingerprint density at radius 2 is 1.77 bits per heavy atom. The second-order valence-corrected chi connectivity index (χ2v) is 8.44. The van der Waals surface area contributed by atoms with Crippen molar-refractivity contribution in [3.8, 4) is 5.69 Å². The fourth-order valence-corrected chi connectivity index (χ4v) is 4.67. The van der Waals surface area contributed by atoms with E-state index in [-0.39, 0.29) is 12.1 Å². The minimum absolute atomic E-state index is 0.0842. The number of nitrogens with zero attached hydrogens (tertiary/aromatic N) is 3. The molecule has 0 spiro atoms. The molecular formula is C25H21ClN4S. The number of hydrogen-bond acceptors (Lipinski definition) is 2. The van der Waals surface area contributed by atoms with Crippen molar-refractivity contribution in [2.45, 2.75) is 19.0 Å². The normalized spacial score (nSPS) is 18.3. The molecule has 6 heteroatoms. The molecule has 2 atom stereocenters. The van der Waals surface area contributed by atoms with Crippen LogP contribution in [0.5, 0.6) is 0 Å². The average Bonchev–Trinajstić information content (AvgIpc) is 3.39. The minimum atomic E-state index is -0.0946. The van der Waals surface area contributed by atoms with Crippen LogP contribution in [0.1, 0.15) is 29.0 Å². The highest BCUT2D eigenvalue weighted by Crippen LogP contribution is 2.42. The van der Waals surface area contributed by atoms with Crippen molar-refractivity contribution in [1.82, 2.24) is 14.9 Å². The molecule has 31 heavy (non-hydrogen) atoms. The summed E-state index contributed by atoms with van der Waals surface area (Å²) in [5.41, 5.74) is 5.32. The molecule has 0 bridgehead atoms. The van der Waals surface area contributed by atoms with Gasteiger partial charge in [0.1, 0.15) is 6.04 Å². The first-order valence-electron chi connectivity index (χ1n) is 10.1. The average molecular weight is 445 g/mol. The fraction of sp³-hybridized carbons (Fsp3) is 0.120. The van der Waals surface area contributed by atoms with E-state index in [1.54, 1.807) is 0 Å². The predicted octanol–water partition coefficient (Wildman–Crippen LogP) is 6.01. The highest BCUT2D eigenvalue weighted by Gasteiger charge is 2.42. The Labute approximate surface area is 192 Å². The van der Waals surface area contributed by atoms with Crippen LogP contribution in [0.3, 0.4) is 0 Å². The lowest BCUT2D eigenvalue weighted by Crippen LogP contribution is -2.30. The first-order valence-corrected chi connectivity index (χ1v) is 10.9. The number of aryl methyl sites for hydroxylation is 1. The zero-order valence-electron chi connectivity index (χ0n) is 16.9. The molecule has 0 radical (unpaired) electrons. The molecule has 1 aliphatic rings. The Morgan fingerprint density at radius 1 is 0.935 bits per heavy atom. The number of nitrogens with one attached hydrogen (secondary N) is 1. The molecule has 0 aliphatic carbocycles. The number of pyridine rings is 1. The maximum absolute atomic E-state index is 6.29. The number of aromatic nitrogens is 2. The van der Waals surface area contributed by atoms with Crippen molar-refractivity contribution >= 4 is 34.6 Å². The van der Waals surface area contributed by atoms with Gasteiger partial charge in [-0.25, -0.2) is 0 Å². The lowest BCUT2D eigenvalue weighted by Gasteiger charge is -2.29. The molecule has 0 saturated carbocycles. The molecule has 154 valence electrons. The van der Waals surface area contributed by atoms with E-state index in [2.05, 4.69) is 75.4 Å². The highest BCUT2D eigenvalue weighted by atomic mass is 35.5. The third-order valence-corrected chi connectivity index (χ3v) is 6.13. The van der Waals surface area contributed by atoms with E-state index in [1.807, 2.05) is 42.6 Å². The van der Waals surface area contributed by atoms with E-state index >= 15 is 0 Å². The van der Waals surface area contributed by atoms with Gasteiger partial charge in [-0.2, -0.15) is 0 Å². The van der Waals surface area contributed by atoms with Crippen LogP contribution in [0.4, 0.5) is 5.69 Å². The van der Waals surface area contributed by atoms with Crippen LogP contribution in [-0.2, 0) is 0 Å². The first kappa shape index (κ1) is 19.8. The van der Waals surface area contributed by atoms with Gasteiger partial charge < -0.3 is 14.8 Å². The largest absolute Gasteiger partial charge is 0.351 e. The number of anilines is 1. The molecule has 4 aromatic rings. The summed E-state index contributed by atoms with van der Waals surface area (Å²) in [5.74, 6) is 0. The lowest BCUT2D eigenvalue weighted by atomic mass is 10.0. The van der Waals surface area contributed by atoms with E-state index in [4.69, 9.17) is 23.8 Å². The minimum Gasteiger partial charge on any atom is -0.351 e. The van der Waals surface area contributed by atoms with E-state index in [0.29, 0.717) is 10.1 Å². The van der Waals surface area contributed by atoms with E-state index in [9.17, 15) is 0 Å². The van der Waals surface area contributed by atoms with Crippen molar-refractivity contribution in [1.29, 1.82) is 0 Å². The molecule has 1 fully saturated rings. The first-order chi connectivity index (χ1) is 15.1. The summed E-state index contributed by atoms with van der Waals surface area (Å²) in [6.45, 7) is 2.09. The summed E-state index contributed by atoms with van der Waals surface area (Å²) in [6.07, 6.45) is 3.88. The standard InChI is InChI=1S/C25H21ClN4S/c1-17-10-12-19(13-11-17)30-24(23(28-25(30)31)21-8-2-3-14-27-21)22-9-5-15-29(22)20-7-4-6-18(26)16-20/h2-16,23-24H,1H3,(H,28,31). The predicted molar refractivity (Wildman–Crippen MR) is 130 cm³/mol. The van der Waals surface area contributed by atoms with Crippen molar-refractivity contribution in [3.05, 3.63) is 113 Å². The molecule has 2 unspecified atom stereocenters. The van der Waals surface area contributed by atoms with Crippen molar-refractivity contribution in [2.75, 3.05) is 4.90 Å². The number of hydrogen-bond donors (Lipinski definition) is 1. The van der Waals surface area contributed by atoms with Gasteiger partial charge in [-0.3, -0.25) is 4.98 Å². The monoisotopic (exact) mass is 444 g/mol. The number of thiocarbonyl (C=S) groups is 1. The van der Waals surface area contributed by atoms with Crippen LogP contribution in [0.25, 0.3) is 5.69 Å². The molecule has 5 rings (SSSR count). The van der Waals surface area contributed by atoms with E-state index in [1.165, 1.54) is 5.56 Å². The topological polar surface area (TPSA) is 33.1 Å². The molecule has 3 heterocycles. The number of halogens is 1. The van der Waals surface area contributed by atoms with Crippen molar-refractivity contribution < 1.29 is 0 Å². The Morgan fingerprint density at radius 3 is 2.52 bits per heavy atom. The summed E-state index contributed by atoms with van der Waals surface area (Å²) < 4.78 is 2.17. The van der Waals surface area contributed by atoms with Crippen LogP contribution in [0.2, 0.25) is 5.02 Å². The molecule has 1 N–H and O–H groups in total. The van der Waals surface area contributed by atoms with Gasteiger partial charge in [-0.15, -0.1) is 0 Å².